The van der Waals surface area contributed by atoms with E-state index in [1.165, 1.54) is 0 Å². The van der Waals surface area contributed by atoms with Gasteiger partial charge in [-0.25, -0.2) is 0 Å². The number of rotatable bonds is 4. The lowest BCUT2D eigenvalue weighted by Gasteiger charge is -2.70. The van der Waals surface area contributed by atoms with E-state index in [2.05, 4.69) is 47.6 Å². The summed E-state index contributed by atoms with van der Waals surface area (Å²) in [5, 5.41) is 53.2. The molecule has 0 bridgehead atoms. The molecule has 6 aliphatic rings. The Morgan fingerprint density at radius 3 is 2.13 bits per heavy atom. The van der Waals surface area contributed by atoms with Crippen molar-refractivity contribution in [3.8, 4) is 0 Å². The monoisotopic (exact) mass is 632 g/mol. The van der Waals surface area contributed by atoms with Gasteiger partial charge in [-0.1, -0.05) is 53.2 Å². The van der Waals surface area contributed by atoms with Crippen molar-refractivity contribution in [1.29, 1.82) is 0 Å². The highest BCUT2D eigenvalue weighted by molar-refractivity contribution is 5.84. The van der Waals surface area contributed by atoms with Gasteiger partial charge in [-0.2, -0.15) is 0 Å². The van der Waals surface area contributed by atoms with Gasteiger partial charge < -0.3 is 35.0 Å². The minimum atomic E-state index is -1.36. The molecule has 1 unspecified atom stereocenters. The summed E-state index contributed by atoms with van der Waals surface area (Å²) in [6.45, 7) is 15.0. The molecule has 9 nitrogen and oxygen atoms in total. The first-order valence-electron chi connectivity index (χ1n) is 17.3. The predicted molar refractivity (Wildman–Crippen MR) is 166 cm³/mol. The quantitative estimate of drug-likeness (QED) is 0.209. The Hall–Kier alpha value is -1.52. The van der Waals surface area contributed by atoms with E-state index in [-0.39, 0.29) is 40.1 Å². The highest BCUT2D eigenvalue weighted by Gasteiger charge is 2.73. The van der Waals surface area contributed by atoms with E-state index in [1.54, 1.807) is 6.92 Å². The van der Waals surface area contributed by atoms with Crippen LogP contribution in [0.15, 0.2) is 11.6 Å². The SMILES string of the molecule is C[C@H]1O[C@@H](OC2CC[C@]3(C)[C@H]4CC=C5[C@@H]6CC(C)(C)CC[C@]6(C(=O)O)CC[C@@]5(C(=O)O)[C@]4(C)CC[C@H]3C2(C)C)[C@H](O)[C@@H](O)[C@@H]1O. The summed E-state index contributed by atoms with van der Waals surface area (Å²) in [5.74, 6) is -1.52. The smallest absolute Gasteiger partial charge is 0.314 e. The summed E-state index contributed by atoms with van der Waals surface area (Å²) in [6.07, 6.45) is 3.02. The van der Waals surface area contributed by atoms with Crippen LogP contribution in [0.2, 0.25) is 0 Å². The first kappa shape index (κ1) is 33.4. The van der Waals surface area contributed by atoms with Crippen LogP contribution in [-0.4, -0.2) is 74.3 Å². The van der Waals surface area contributed by atoms with E-state index < -0.39 is 58.9 Å². The molecule has 13 atom stereocenters. The zero-order valence-electron chi connectivity index (χ0n) is 28.2. The number of aliphatic carboxylic acids is 2. The second-order valence-corrected chi connectivity index (χ2v) is 17.7. The van der Waals surface area contributed by atoms with Gasteiger partial charge in [0.25, 0.3) is 0 Å². The summed E-state index contributed by atoms with van der Waals surface area (Å²) in [7, 11) is 0. The van der Waals surface area contributed by atoms with Gasteiger partial charge in [0.15, 0.2) is 6.29 Å². The number of ether oxygens (including phenoxy) is 2. The van der Waals surface area contributed by atoms with Crippen molar-refractivity contribution in [1.82, 2.24) is 0 Å². The normalized spacial score (nSPS) is 51.9. The van der Waals surface area contributed by atoms with Crippen LogP contribution in [0.4, 0.5) is 0 Å². The number of fused-ring (bicyclic) bond motifs is 7. The number of aliphatic hydroxyl groups excluding tert-OH is 3. The molecule has 5 aliphatic carbocycles. The van der Waals surface area contributed by atoms with Gasteiger partial charge in [0.2, 0.25) is 0 Å². The van der Waals surface area contributed by atoms with E-state index in [0.29, 0.717) is 32.1 Å². The zero-order chi connectivity index (χ0) is 33.1. The molecule has 1 heterocycles. The number of aliphatic hydroxyl groups is 3. The predicted octanol–water partition coefficient (Wildman–Crippen LogP) is 5.15. The van der Waals surface area contributed by atoms with Crippen LogP contribution >= 0.6 is 0 Å². The lowest BCUT2D eigenvalue weighted by atomic mass is 9.33. The molecule has 9 heteroatoms. The Kier molecular flexibility index (Phi) is 7.78. The maximum atomic E-state index is 13.8. The Morgan fingerprint density at radius 1 is 0.822 bits per heavy atom. The molecule has 0 radical (unpaired) electrons. The van der Waals surface area contributed by atoms with Gasteiger partial charge >= 0.3 is 11.9 Å². The molecule has 0 aromatic heterocycles. The summed E-state index contributed by atoms with van der Waals surface area (Å²) >= 11 is 0. The van der Waals surface area contributed by atoms with E-state index >= 15 is 0 Å². The third kappa shape index (κ3) is 4.42. The van der Waals surface area contributed by atoms with Crippen molar-refractivity contribution >= 4 is 11.9 Å². The molecule has 254 valence electrons. The second kappa shape index (κ2) is 10.5. The minimum Gasteiger partial charge on any atom is -0.481 e. The van der Waals surface area contributed by atoms with Crippen LogP contribution in [-0.2, 0) is 19.1 Å². The van der Waals surface area contributed by atoms with Crippen LogP contribution < -0.4 is 0 Å². The number of carboxylic acid groups (broad SMARTS) is 2. The number of carbonyl (C=O) groups is 2. The molecule has 5 N–H and O–H groups in total. The van der Waals surface area contributed by atoms with Crippen molar-refractivity contribution in [3.63, 3.8) is 0 Å². The topological polar surface area (TPSA) is 154 Å². The van der Waals surface area contributed by atoms with Gasteiger partial charge in [-0.05, 0) is 111 Å². The van der Waals surface area contributed by atoms with Crippen molar-refractivity contribution < 1.29 is 44.6 Å². The summed E-state index contributed by atoms with van der Waals surface area (Å²) in [6, 6.07) is 0. The highest BCUT2D eigenvalue weighted by Crippen LogP contribution is 2.76. The molecule has 0 amide bonds. The fourth-order valence-corrected chi connectivity index (χ4v) is 12.3. The molecule has 4 saturated carbocycles. The van der Waals surface area contributed by atoms with Gasteiger partial charge in [0.05, 0.1) is 23.0 Å². The third-order valence-electron chi connectivity index (χ3n) is 14.9. The summed E-state index contributed by atoms with van der Waals surface area (Å²) in [4.78, 5) is 26.7. The van der Waals surface area contributed by atoms with Gasteiger partial charge in [0, 0.05) is 0 Å². The van der Waals surface area contributed by atoms with Crippen molar-refractivity contribution in [3.05, 3.63) is 11.6 Å². The molecule has 0 aromatic carbocycles. The van der Waals surface area contributed by atoms with E-state index in [0.717, 1.165) is 37.7 Å². The van der Waals surface area contributed by atoms with Gasteiger partial charge in [0.1, 0.15) is 18.3 Å². The molecular weight excluding hydrogens is 576 g/mol. The lowest BCUT2D eigenvalue weighted by Crippen LogP contribution is -2.68. The first-order chi connectivity index (χ1) is 20.8. The zero-order valence-corrected chi connectivity index (χ0v) is 28.2. The Labute approximate surface area is 267 Å². The molecule has 1 aliphatic heterocycles. The van der Waals surface area contributed by atoms with Crippen LogP contribution in [0, 0.1) is 50.2 Å². The largest absolute Gasteiger partial charge is 0.481 e. The van der Waals surface area contributed by atoms with Crippen molar-refractivity contribution in [2.75, 3.05) is 0 Å². The molecule has 0 spiro atoms. The standard InChI is InChI=1S/C36H56O9/c1-19-25(37)26(38)27(39)28(44-19)45-24-11-12-33(6)22(32(24,4)5)10-13-34(7)23(33)9-8-20-21-18-31(2,3)14-15-35(21,29(40)41)16-17-36(20,34)30(42)43/h8,19,21-28,37-39H,9-18H2,1-7H3,(H,40,41)(H,42,43)/t19-,21+,22+,23-,24?,25-,26+,27-,28+,33+,34-,35+,36-/m1/s1. The lowest BCUT2D eigenvalue weighted by molar-refractivity contribution is -0.324. The van der Waals surface area contributed by atoms with E-state index in [4.69, 9.17) is 9.47 Å². The molecule has 1 saturated heterocycles. The average Bonchev–Trinajstić information content (AvgIpc) is 2.95. The molecule has 5 fully saturated rings. The number of hydrogen-bond donors (Lipinski definition) is 5. The molecule has 0 aromatic rings. The van der Waals surface area contributed by atoms with Crippen LogP contribution in [0.3, 0.4) is 0 Å². The number of hydrogen-bond acceptors (Lipinski definition) is 7. The Morgan fingerprint density at radius 2 is 1.49 bits per heavy atom. The fraction of sp³-hybridized carbons (Fsp3) is 0.889. The number of allylic oxidation sites excluding steroid dienone is 1. The Bertz CT molecular complexity index is 1260. The first-order valence-corrected chi connectivity index (χ1v) is 17.3. The second-order valence-electron chi connectivity index (χ2n) is 17.7. The highest BCUT2D eigenvalue weighted by atomic mass is 16.7. The maximum absolute atomic E-state index is 13.8. The third-order valence-corrected chi connectivity index (χ3v) is 14.9. The summed E-state index contributed by atoms with van der Waals surface area (Å²) in [5.41, 5.74) is -2.17. The molecule has 45 heavy (non-hydrogen) atoms. The van der Waals surface area contributed by atoms with Crippen LogP contribution in [0.25, 0.3) is 0 Å². The maximum Gasteiger partial charge on any atom is 0.314 e. The molecule has 6 rings (SSSR count). The van der Waals surface area contributed by atoms with Crippen LogP contribution in [0.1, 0.15) is 113 Å². The van der Waals surface area contributed by atoms with Gasteiger partial charge in [-0.15, -0.1) is 0 Å². The Balaban J connectivity index is 1.35. The minimum absolute atomic E-state index is 0.0443. The summed E-state index contributed by atoms with van der Waals surface area (Å²) < 4.78 is 12.3. The van der Waals surface area contributed by atoms with Crippen molar-refractivity contribution in [2.24, 2.45) is 50.2 Å². The fourth-order valence-electron chi connectivity index (χ4n) is 12.3. The molecular formula is C36H56O9. The number of carboxylic acids is 2. The van der Waals surface area contributed by atoms with Gasteiger partial charge in [-0.3, -0.25) is 9.59 Å². The van der Waals surface area contributed by atoms with Crippen LogP contribution in [0.5, 0.6) is 0 Å². The van der Waals surface area contributed by atoms with E-state index in [9.17, 15) is 35.1 Å². The van der Waals surface area contributed by atoms with Crippen molar-refractivity contribution in [2.45, 2.75) is 149 Å². The average molecular weight is 633 g/mol. The van der Waals surface area contributed by atoms with E-state index in [1.807, 2.05) is 0 Å².